The van der Waals surface area contributed by atoms with Crippen molar-refractivity contribution in [3.05, 3.63) is 42.4 Å². The van der Waals surface area contributed by atoms with Gasteiger partial charge in [-0.2, -0.15) is 0 Å². The van der Waals surface area contributed by atoms with Gasteiger partial charge in [-0.3, -0.25) is 4.79 Å². The number of anilines is 1. The highest BCUT2D eigenvalue weighted by Gasteiger charge is 2.51. The minimum absolute atomic E-state index is 0.150. The Labute approximate surface area is 161 Å². The van der Waals surface area contributed by atoms with Gasteiger partial charge in [-0.1, -0.05) is 20.3 Å². The van der Waals surface area contributed by atoms with E-state index in [9.17, 15) is 4.79 Å². The molecule has 2 aromatic heterocycles. The monoisotopic (exact) mass is 364 g/mol. The molecule has 142 valence electrons. The first-order chi connectivity index (χ1) is 13.1. The van der Waals surface area contributed by atoms with Crippen molar-refractivity contribution in [2.45, 2.75) is 45.1 Å². The molecule has 27 heavy (non-hydrogen) atoms. The Hall–Kier alpha value is -2.30. The smallest absolute Gasteiger partial charge is 0.225 e. The number of hydrogen-bond donors (Lipinski definition) is 0. The lowest BCUT2D eigenvalue weighted by Gasteiger charge is -2.48. The van der Waals surface area contributed by atoms with E-state index in [1.54, 1.807) is 0 Å². The summed E-state index contributed by atoms with van der Waals surface area (Å²) in [5, 5.41) is 0. The average molecular weight is 364 g/mol. The molecule has 3 aliphatic rings. The lowest BCUT2D eigenvalue weighted by molar-refractivity contribution is -0.137. The van der Waals surface area contributed by atoms with Crippen LogP contribution in [0.4, 0.5) is 5.69 Å². The van der Waals surface area contributed by atoms with Crippen LogP contribution < -0.4 is 4.90 Å². The Balaban J connectivity index is 1.59. The molecule has 0 aromatic carbocycles. The van der Waals surface area contributed by atoms with Gasteiger partial charge in [0, 0.05) is 37.9 Å². The van der Waals surface area contributed by atoms with Crippen molar-refractivity contribution in [1.29, 1.82) is 0 Å². The van der Waals surface area contributed by atoms with Crippen molar-refractivity contribution in [3.8, 4) is 5.82 Å². The fraction of sp³-hybridized carbons (Fsp3) is 0.545. The SMILES string of the molecule is CC(C)CN1c2cccnc2-n2cccc2C12CCN(C(=O)C1CCC1)C2. The molecule has 4 heterocycles. The Bertz CT molecular complexity index is 869. The quantitative estimate of drug-likeness (QED) is 0.836. The lowest BCUT2D eigenvalue weighted by atomic mass is 9.84. The first-order valence-corrected chi connectivity index (χ1v) is 10.3. The summed E-state index contributed by atoms with van der Waals surface area (Å²) in [6.07, 6.45) is 8.32. The van der Waals surface area contributed by atoms with Crippen LogP contribution in [0.2, 0.25) is 0 Å². The van der Waals surface area contributed by atoms with Crippen molar-refractivity contribution < 1.29 is 4.79 Å². The summed E-state index contributed by atoms with van der Waals surface area (Å²) in [5.74, 6) is 2.18. The topological polar surface area (TPSA) is 41.4 Å². The van der Waals surface area contributed by atoms with Crippen LogP contribution in [0.25, 0.3) is 5.82 Å². The second-order valence-electron chi connectivity index (χ2n) is 8.78. The second kappa shape index (κ2) is 6.11. The molecule has 0 radical (unpaired) electrons. The van der Waals surface area contributed by atoms with Gasteiger partial charge in [0.1, 0.15) is 5.54 Å². The maximum atomic E-state index is 13.0. The molecule has 5 nitrogen and oxygen atoms in total. The van der Waals surface area contributed by atoms with Crippen LogP contribution in [0.1, 0.15) is 45.2 Å². The van der Waals surface area contributed by atoms with E-state index in [0.29, 0.717) is 11.8 Å². The van der Waals surface area contributed by atoms with E-state index in [1.807, 2.05) is 12.3 Å². The lowest BCUT2D eigenvalue weighted by Crippen LogP contribution is -2.54. The number of rotatable bonds is 3. The Morgan fingerprint density at radius 3 is 2.89 bits per heavy atom. The summed E-state index contributed by atoms with van der Waals surface area (Å²) < 4.78 is 2.24. The molecule has 1 saturated carbocycles. The molecular weight excluding hydrogens is 336 g/mol. The zero-order valence-corrected chi connectivity index (χ0v) is 16.3. The van der Waals surface area contributed by atoms with Gasteiger partial charge in [0.25, 0.3) is 0 Å². The van der Waals surface area contributed by atoms with E-state index in [-0.39, 0.29) is 11.5 Å². The minimum Gasteiger partial charge on any atom is -0.355 e. The van der Waals surface area contributed by atoms with Crippen LogP contribution in [0.15, 0.2) is 36.7 Å². The highest BCUT2D eigenvalue weighted by atomic mass is 16.2. The third kappa shape index (κ3) is 2.43. The zero-order valence-electron chi connectivity index (χ0n) is 16.3. The fourth-order valence-corrected chi connectivity index (χ4v) is 5.06. The third-order valence-electron chi connectivity index (χ3n) is 6.59. The third-order valence-corrected chi connectivity index (χ3v) is 6.59. The fourth-order valence-electron chi connectivity index (χ4n) is 5.06. The molecule has 2 aromatic rings. The summed E-state index contributed by atoms with van der Waals surface area (Å²) in [6, 6.07) is 8.56. The maximum absolute atomic E-state index is 13.0. The van der Waals surface area contributed by atoms with Crippen LogP contribution in [0.5, 0.6) is 0 Å². The molecule has 0 bridgehead atoms. The number of amides is 1. The van der Waals surface area contributed by atoms with Gasteiger partial charge in [0.2, 0.25) is 5.91 Å². The highest BCUT2D eigenvalue weighted by molar-refractivity contribution is 5.80. The molecule has 2 fully saturated rings. The van der Waals surface area contributed by atoms with Gasteiger partial charge in [-0.05, 0) is 49.4 Å². The van der Waals surface area contributed by atoms with Crippen molar-refractivity contribution >= 4 is 11.6 Å². The summed E-state index contributed by atoms with van der Waals surface area (Å²) >= 11 is 0. The van der Waals surface area contributed by atoms with Gasteiger partial charge in [0.15, 0.2) is 5.82 Å². The predicted octanol–water partition coefficient (Wildman–Crippen LogP) is 3.58. The van der Waals surface area contributed by atoms with Crippen LogP contribution in [-0.2, 0) is 10.3 Å². The van der Waals surface area contributed by atoms with Crippen LogP contribution >= 0.6 is 0 Å². The van der Waals surface area contributed by atoms with E-state index >= 15 is 0 Å². The number of carbonyl (C=O) groups is 1. The largest absolute Gasteiger partial charge is 0.355 e. The van der Waals surface area contributed by atoms with Crippen molar-refractivity contribution in [1.82, 2.24) is 14.5 Å². The molecule has 5 rings (SSSR count). The van der Waals surface area contributed by atoms with Gasteiger partial charge >= 0.3 is 0 Å². The van der Waals surface area contributed by atoms with Gasteiger partial charge in [-0.15, -0.1) is 0 Å². The van der Waals surface area contributed by atoms with Gasteiger partial charge < -0.3 is 14.4 Å². The average Bonchev–Trinajstić information content (AvgIpc) is 3.25. The van der Waals surface area contributed by atoms with E-state index in [1.165, 1.54) is 17.8 Å². The van der Waals surface area contributed by atoms with E-state index < -0.39 is 0 Å². The Kier molecular flexibility index (Phi) is 3.81. The molecule has 1 amide bonds. The van der Waals surface area contributed by atoms with Crippen LogP contribution in [-0.4, -0.2) is 40.0 Å². The van der Waals surface area contributed by atoms with E-state index in [0.717, 1.165) is 44.7 Å². The maximum Gasteiger partial charge on any atom is 0.225 e. The Morgan fingerprint density at radius 1 is 1.30 bits per heavy atom. The summed E-state index contributed by atoms with van der Waals surface area (Å²) in [6.45, 7) is 7.14. The standard InChI is InChI=1S/C22H28N4O/c1-16(2)14-26-18-8-4-11-23-20(18)25-12-5-9-19(25)22(26)10-13-24(15-22)21(27)17-6-3-7-17/h4-5,8-9,11-12,16-17H,3,6-7,10,13-15H2,1-2H3. The predicted molar refractivity (Wildman–Crippen MR) is 106 cm³/mol. The second-order valence-corrected chi connectivity index (χ2v) is 8.78. The first-order valence-electron chi connectivity index (χ1n) is 10.3. The summed E-state index contributed by atoms with van der Waals surface area (Å²) in [4.78, 5) is 22.3. The van der Waals surface area contributed by atoms with E-state index in [2.05, 4.69) is 52.6 Å². The molecule has 1 aliphatic carbocycles. The minimum atomic E-state index is -0.150. The summed E-state index contributed by atoms with van der Waals surface area (Å²) in [5.41, 5.74) is 2.31. The van der Waals surface area contributed by atoms with Crippen molar-refractivity contribution in [2.24, 2.45) is 11.8 Å². The summed E-state index contributed by atoms with van der Waals surface area (Å²) in [7, 11) is 0. The number of pyridine rings is 1. The number of aromatic nitrogens is 2. The molecule has 2 aliphatic heterocycles. The molecule has 1 saturated heterocycles. The normalized spacial score (nSPS) is 24.3. The zero-order chi connectivity index (χ0) is 18.6. The number of fused-ring (bicyclic) bond motifs is 4. The van der Waals surface area contributed by atoms with Crippen molar-refractivity contribution in [3.63, 3.8) is 0 Å². The first kappa shape index (κ1) is 16.8. The van der Waals surface area contributed by atoms with E-state index in [4.69, 9.17) is 4.98 Å². The molecule has 5 heteroatoms. The Morgan fingerprint density at radius 2 is 2.15 bits per heavy atom. The van der Waals surface area contributed by atoms with Crippen LogP contribution in [0.3, 0.4) is 0 Å². The molecule has 0 N–H and O–H groups in total. The van der Waals surface area contributed by atoms with Gasteiger partial charge in [-0.25, -0.2) is 4.98 Å². The number of likely N-dealkylation sites (tertiary alicyclic amines) is 1. The molecule has 1 unspecified atom stereocenters. The molecule has 1 atom stereocenters. The highest BCUT2D eigenvalue weighted by Crippen LogP contribution is 2.47. The molecular formula is C22H28N4O. The number of nitrogens with zero attached hydrogens (tertiary/aromatic N) is 4. The number of carbonyl (C=O) groups excluding carboxylic acids is 1. The van der Waals surface area contributed by atoms with Crippen LogP contribution in [0, 0.1) is 11.8 Å². The molecule has 1 spiro atoms. The number of hydrogen-bond acceptors (Lipinski definition) is 3. The van der Waals surface area contributed by atoms with Crippen molar-refractivity contribution in [2.75, 3.05) is 24.5 Å². The van der Waals surface area contributed by atoms with Gasteiger partial charge in [0.05, 0.1) is 11.4 Å².